The Labute approximate surface area is 120 Å². The fourth-order valence-electron chi connectivity index (χ4n) is 2.24. The van der Waals surface area contributed by atoms with E-state index in [1.807, 2.05) is 30.3 Å². The smallest absolute Gasteiger partial charge is 0.122 e. The van der Waals surface area contributed by atoms with Crippen LogP contribution >= 0.6 is 0 Å². The summed E-state index contributed by atoms with van der Waals surface area (Å²) in [4.78, 5) is 0. The van der Waals surface area contributed by atoms with E-state index >= 15 is 0 Å². The molecule has 2 aromatic rings. The lowest BCUT2D eigenvalue weighted by Crippen LogP contribution is -2.21. The maximum atomic E-state index is 9.49. The van der Waals surface area contributed by atoms with E-state index < -0.39 is 0 Å². The van der Waals surface area contributed by atoms with Crippen molar-refractivity contribution in [2.24, 2.45) is 0 Å². The summed E-state index contributed by atoms with van der Waals surface area (Å²) in [5.74, 6) is 1.24. The van der Waals surface area contributed by atoms with Gasteiger partial charge in [0.05, 0.1) is 7.11 Å². The number of para-hydroxylation sites is 1. The molecule has 0 amide bonds. The molecule has 0 spiro atoms. The molecule has 20 heavy (non-hydrogen) atoms. The van der Waals surface area contributed by atoms with Gasteiger partial charge in [-0.3, -0.25) is 0 Å². The third-order valence-electron chi connectivity index (χ3n) is 3.41. The Hall–Kier alpha value is -2.00. The largest absolute Gasteiger partial charge is 0.508 e. The summed E-state index contributed by atoms with van der Waals surface area (Å²) in [7, 11) is 1.70. The molecule has 0 fully saturated rings. The van der Waals surface area contributed by atoms with Crippen molar-refractivity contribution in [2.75, 3.05) is 13.7 Å². The van der Waals surface area contributed by atoms with Crippen LogP contribution in [-0.2, 0) is 6.42 Å². The minimum atomic E-state index is 0.205. The number of nitrogens with one attached hydrogen (secondary N) is 1. The first kappa shape index (κ1) is 14.4. The van der Waals surface area contributed by atoms with E-state index in [0.29, 0.717) is 5.75 Å². The first-order valence-corrected chi connectivity index (χ1v) is 6.85. The molecule has 0 heterocycles. The average molecular weight is 271 g/mol. The highest BCUT2D eigenvalue weighted by Crippen LogP contribution is 2.19. The molecule has 3 nitrogen and oxygen atoms in total. The summed E-state index contributed by atoms with van der Waals surface area (Å²) in [6, 6.07) is 15.6. The molecule has 0 aliphatic heterocycles. The van der Waals surface area contributed by atoms with Gasteiger partial charge in [-0.2, -0.15) is 0 Å². The molecule has 3 heteroatoms. The van der Waals surface area contributed by atoms with Crippen molar-refractivity contribution in [3.63, 3.8) is 0 Å². The third kappa shape index (κ3) is 3.75. The summed E-state index contributed by atoms with van der Waals surface area (Å²) in [6.45, 7) is 2.95. The number of rotatable bonds is 6. The molecule has 0 aliphatic rings. The van der Waals surface area contributed by atoms with Crippen molar-refractivity contribution < 1.29 is 9.84 Å². The van der Waals surface area contributed by atoms with E-state index in [9.17, 15) is 5.11 Å². The van der Waals surface area contributed by atoms with Crippen molar-refractivity contribution in [1.29, 1.82) is 0 Å². The number of hydrogen-bond donors (Lipinski definition) is 2. The summed E-state index contributed by atoms with van der Waals surface area (Å²) >= 11 is 0. The molecule has 0 aromatic heterocycles. The van der Waals surface area contributed by atoms with Crippen LogP contribution in [-0.4, -0.2) is 18.8 Å². The van der Waals surface area contributed by atoms with Gasteiger partial charge in [-0.25, -0.2) is 0 Å². The molecule has 2 N–H and O–H groups in total. The van der Waals surface area contributed by atoms with Crippen molar-refractivity contribution >= 4 is 0 Å². The molecule has 2 aromatic carbocycles. The minimum absolute atomic E-state index is 0.205. The van der Waals surface area contributed by atoms with Crippen LogP contribution in [0.25, 0.3) is 0 Å². The maximum absolute atomic E-state index is 9.49. The van der Waals surface area contributed by atoms with Crippen LogP contribution in [0.4, 0.5) is 0 Å². The topological polar surface area (TPSA) is 41.5 Å². The monoisotopic (exact) mass is 271 g/mol. The van der Waals surface area contributed by atoms with Crippen molar-refractivity contribution in [3.8, 4) is 11.5 Å². The van der Waals surface area contributed by atoms with E-state index in [4.69, 9.17) is 4.74 Å². The second-order valence-electron chi connectivity index (χ2n) is 4.83. The van der Waals surface area contributed by atoms with Crippen LogP contribution in [0, 0.1) is 0 Å². The molecule has 0 aliphatic carbocycles. The zero-order chi connectivity index (χ0) is 14.4. The second-order valence-corrected chi connectivity index (χ2v) is 4.83. The lowest BCUT2D eigenvalue weighted by atomic mass is 10.1. The first-order valence-electron chi connectivity index (χ1n) is 6.85. The molecule has 0 bridgehead atoms. The van der Waals surface area contributed by atoms with E-state index in [1.165, 1.54) is 5.56 Å². The highest BCUT2D eigenvalue weighted by molar-refractivity contribution is 5.33. The van der Waals surface area contributed by atoms with Gasteiger partial charge in [0.2, 0.25) is 0 Å². The van der Waals surface area contributed by atoms with Crippen LogP contribution in [0.15, 0.2) is 48.5 Å². The molecule has 1 atom stereocenters. The highest BCUT2D eigenvalue weighted by atomic mass is 16.5. The molecule has 2 rings (SSSR count). The van der Waals surface area contributed by atoms with Gasteiger partial charge >= 0.3 is 0 Å². The van der Waals surface area contributed by atoms with Gasteiger partial charge in [0, 0.05) is 6.04 Å². The summed E-state index contributed by atoms with van der Waals surface area (Å²) in [5.41, 5.74) is 2.29. The quantitative estimate of drug-likeness (QED) is 0.847. The summed E-state index contributed by atoms with van der Waals surface area (Å²) < 4.78 is 5.34. The summed E-state index contributed by atoms with van der Waals surface area (Å²) in [5, 5.41) is 12.9. The highest BCUT2D eigenvalue weighted by Gasteiger charge is 2.06. The van der Waals surface area contributed by atoms with Gasteiger partial charge in [0.25, 0.3) is 0 Å². The number of phenols is 1. The van der Waals surface area contributed by atoms with Crippen LogP contribution in [0.1, 0.15) is 24.1 Å². The molecular weight excluding hydrogens is 250 g/mol. The van der Waals surface area contributed by atoms with Gasteiger partial charge < -0.3 is 15.2 Å². The SMILES string of the molecule is COc1ccccc1CCNC(C)c1cccc(O)c1. The Balaban J connectivity index is 1.89. The predicted octanol–water partition coefficient (Wildman–Crippen LogP) is 3.29. The zero-order valence-corrected chi connectivity index (χ0v) is 12.0. The Morgan fingerprint density at radius 3 is 2.70 bits per heavy atom. The van der Waals surface area contributed by atoms with Crippen LogP contribution in [0.2, 0.25) is 0 Å². The fourth-order valence-corrected chi connectivity index (χ4v) is 2.24. The normalized spacial score (nSPS) is 12.1. The number of aromatic hydroxyl groups is 1. The van der Waals surface area contributed by atoms with Crippen molar-refractivity contribution in [2.45, 2.75) is 19.4 Å². The van der Waals surface area contributed by atoms with Crippen molar-refractivity contribution in [3.05, 3.63) is 59.7 Å². The number of benzene rings is 2. The van der Waals surface area contributed by atoms with Gasteiger partial charge in [-0.1, -0.05) is 30.3 Å². The van der Waals surface area contributed by atoms with E-state index in [2.05, 4.69) is 18.3 Å². The fraction of sp³-hybridized carbons (Fsp3) is 0.294. The Bertz CT molecular complexity index is 554. The predicted molar refractivity (Wildman–Crippen MR) is 81.2 cm³/mol. The molecule has 0 saturated heterocycles. The lowest BCUT2D eigenvalue weighted by Gasteiger charge is -2.15. The molecule has 0 radical (unpaired) electrons. The van der Waals surface area contributed by atoms with Crippen molar-refractivity contribution in [1.82, 2.24) is 5.32 Å². The number of phenolic OH excluding ortho intramolecular Hbond substituents is 1. The minimum Gasteiger partial charge on any atom is -0.508 e. The first-order chi connectivity index (χ1) is 9.70. The van der Waals surface area contributed by atoms with Crippen LogP contribution in [0.5, 0.6) is 11.5 Å². The summed E-state index contributed by atoms with van der Waals surface area (Å²) in [6.07, 6.45) is 0.910. The molecular formula is C17H21NO2. The van der Waals surface area contributed by atoms with E-state index in [1.54, 1.807) is 19.2 Å². The standard InChI is InChI=1S/C17H21NO2/c1-13(15-7-5-8-16(19)12-15)18-11-10-14-6-3-4-9-17(14)20-2/h3-9,12-13,18-19H,10-11H2,1-2H3. The number of ether oxygens (including phenoxy) is 1. The molecule has 106 valence electrons. The Morgan fingerprint density at radius 2 is 1.95 bits per heavy atom. The van der Waals surface area contributed by atoms with Crippen LogP contribution < -0.4 is 10.1 Å². The molecule has 1 unspecified atom stereocenters. The van der Waals surface area contributed by atoms with E-state index in [-0.39, 0.29) is 6.04 Å². The van der Waals surface area contributed by atoms with Crippen LogP contribution in [0.3, 0.4) is 0 Å². The molecule has 0 saturated carbocycles. The Morgan fingerprint density at radius 1 is 1.15 bits per heavy atom. The van der Waals surface area contributed by atoms with Gasteiger partial charge in [-0.05, 0) is 49.2 Å². The van der Waals surface area contributed by atoms with Gasteiger partial charge in [-0.15, -0.1) is 0 Å². The number of methoxy groups -OCH3 is 1. The Kier molecular flexibility index (Phi) is 5.02. The van der Waals surface area contributed by atoms with Gasteiger partial charge in [0.15, 0.2) is 0 Å². The third-order valence-corrected chi connectivity index (χ3v) is 3.41. The average Bonchev–Trinajstić information content (AvgIpc) is 2.47. The number of hydrogen-bond acceptors (Lipinski definition) is 3. The van der Waals surface area contributed by atoms with Gasteiger partial charge in [0.1, 0.15) is 11.5 Å². The second kappa shape index (κ2) is 6.96. The maximum Gasteiger partial charge on any atom is 0.122 e. The zero-order valence-electron chi connectivity index (χ0n) is 12.0. The van der Waals surface area contributed by atoms with E-state index in [0.717, 1.165) is 24.3 Å². The lowest BCUT2D eigenvalue weighted by molar-refractivity contribution is 0.408.